The molecule has 1 saturated carbocycles. The first-order chi connectivity index (χ1) is 13.1. The SMILES string of the molecule is CC1(C)CC(CCn2ccnc2C2[C@H]3CNC[C@@H]23)(c2ccccc2)CCO1. The minimum atomic E-state index is -0.0644. The molecule has 0 bridgehead atoms. The molecule has 1 aliphatic carbocycles. The number of aromatic nitrogens is 2. The van der Waals surface area contributed by atoms with E-state index in [-0.39, 0.29) is 11.0 Å². The molecule has 3 aliphatic rings. The summed E-state index contributed by atoms with van der Waals surface area (Å²) >= 11 is 0. The number of fused-ring (bicyclic) bond motifs is 1. The Balaban J connectivity index is 1.38. The average Bonchev–Trinajstić information content (AvgIpc) is 3.05. The van der Waals surface area contributed by atoms with Crippen LogP contribution < -0.4 is 5.32 Å². The Hall–Kier alpha value is -1.65. The Labute approximate surface area is 162 Å². The van der Waals surface area contributed by atoms with Gasteiger partial charge in [0.2, 0.25) is 0 Å². The molecule has 4 atom stereocenters. The first-order valence-corrected chi connectivity index (χ1v) is 10.5. The van der Waals surface area contributed by atoms with E-state index < -0.39 is 0 Å². The maximum absolute atomic E-state index is 6.08. The van der Waals surface area contributed by atoms with Gasteiger partial charge in [0.25, 0.3) is 0 Å². The van der Waals surface area contributed by atoms with Gasteiger partial charge in [-0.3, -0.25) is 0 Å². The van der Waals surface area contributed by atoms with E-state index in [0.717, 1.165) is 44.2 Å². The summed E-state index contributed by atoms with van der Waals surface area (Å²) in [5, 5.41) is 3.50. The van der Waals surface area contributed by atoms with Gasteiger partial charge in [0.05, 0.1) is 5.60 Å². The lowest BCUT2D eigenvalue weighted by atomic mass is 9.67. The van der Waals surface area contributed by atoms with Crippen LogP contribution in [0.15, 0.2) is 42.7 Å². The second-order valence-electron chi connectivity index (χ2n) is 9.42. The Morgan fingerprint density at radius 2 is 1.96 bits per heavy atom. The number of aryl methyl sites for hydroxylation is 1. The Morgan fingerprint density at radius 3 is 2.70 bits per heavy atom. The quantitative estimate of drug-likeness (QED) is 0.877. The predicted octanol–water partition coefficient (Wildman–Crippen LogP) is 3.73. The highest BCUT2D eigenvalue weighted by molar-refractivity contribution is 5.27. The number of nitrogens with one attached hydrogen (secondary N) is 1. The van der Waals surface area contributed by atoms with Crippen molar-refractivity contribution >= 4 is 0 Å². The molecule has 3 fully saturated rings. The van der Waals surface area contributed by atoms with E-state index in [1.165, 1.54) is 24.5 Å². The third-order valence-corrected chi connectivity index (χ3v) is 7.19. The zero-order valence-electron chi connectivity index (χ0n) is 16.5. The number of ether oxygens (including phenoxy) is 1. The molecule has 1 aromatic heterocycles. The maximum atomic E-state index is 6.08. The summed E-state index contributed by atoms with van der Waals surface area (Å²) in [5.41, 5.74) is 1.59. The number of imidazole rings is 1. The highest BCUT2D eigenvalue weighted by atomic mass is 16.5. The van der Waals surface area contributed by atoms with E-state index in [2.05, 4.69) is 60.3 Å². The molecule has 5 rings (SSSR count). The van der Waals surface area contributed by atoms with Gasteiger partial charge in [-0.1, -0.05) is 30.3 Å². The van der Waals surface area contributed by atoms with Gasteiger partial charge in [0, 0.05) is 36.9 Å². The number of benzene rings is 1. The summed E-state index contributed by atoms with van der Waals surface area (Å²) < 4.78 is 8.52. The molecule has 144 valence electrons. The molecule has 2 unspecified atom stereocenters. The standard InChI is InChI=1S/C23H31N3O/c1-22(2)16-23(9-13-27-22,17-6-4-3-5-7-17)8-11-26-12-10-25-21(26)20-18-14-24-15-19(18)20/h3-7,10,12,18-20,24H,8-9,11,13-16H2,1-2H3/t18-,19+,20?,23?. The van der Waals surface area contributed by atoms with Crippen molar-refractivity contribution in [2.45, 2.75) is 56.6 Å². The molecule has 3 heterocycles. The molecule has 1 aromatic carbocycles. The van der Waals surface area contributed by atoms with Crippen LogP contribution in [0, 0.1) is 11.8 Å². The molecule has 2 saturated heterocycles. The van der Waals surface area contributed by atoms with E-state index in [1.54, 1.807) is 0 Å². The zero-order valence-corrected chi connectivity index (χ0v) is 16.5. The topological polar surface area (TPSA) is 39.1 Å². The lowest BCUT2D eigenvalue weighted by molar-refractivity contribution is -0.0848. The van der Waals surface area contributed by atoms with Crippen molar-refractivity contribution in [1.29, 1.82) is 0 Å². The van der Waals surface area contributed by atoms with Crippen molar-refractivity contribution < 1.29 is 4.74 Å². The normalized spacial score (nSPS) is 34.4. The average molecular weight is 366 g/mol. The summed E-state index contributed by atoms with van der Waals surface area (Å²) in [5.74, 6) is 3.63. The number of hydrogen-bond donors (Lipinski definition) is 1. The molecule has 4 heteroatoms. The van der Waals surface area contributed by atoms with Crippen molar-refractivity contribution in [1.82, 2.24) is 14.9 Å². The third-order valence-electron chi connectivity index (χ3n) is 7.19. The number of rotatable bonds is 5. The molecule has 4 nitrogen and oxygen atoms in total. The first kappa shape index (κ1) is 17.4. The first-order valence-electron chi connectivity index (χ1n) is 10.5. The van der Waals surface area contributed by atoms with Crippen LogP contribution in [0.5, 0.6) is 0 Å². The Kier molecular flexibility index (Phi) is 4.17. The summed E-state index contributed by atoms with van der Waals surface area (Å²) in [7, 11) is 0. The Bertz CT molecular complexity index is 789. The minimum Gasteiger partial charge on any atom is -0.376 e. The lowest BCUT2D eigenvalue weighted by Gasteiger charge is -2.45. The van der Waals surface area contributed by atoms with Crippen LogP contribution in [0.25, 0.3) is 0 Å². The van der Waals surface area contributed by atoms with E-state index in [1.807, 2.05) is 6.20 Å². The van der Waals surface area contributed by atoms with Crippen LogP contribution in [-0.4, -0.2) is 34.8 Å². The number of nitrogens with zero attached hydrogens (tertiary/aromatic N) is 2. The summed E-state index contributed by atoms with van der Waals surface area (Å²) in [6.45, 7) is 8.71. The van der Waals surface area contributed by atoms with Crippen LogP contribution >= 0.6 is 0 Å². The van der Waals surface area contributed by atoms with Gasteiger partial charge < -0.3 is 14.6 Å². The molecule has 0 radical (unpaired) electrons. The van der Waals surface area contributed by atoms with Crippen LogP contribution in [-0.2, 0) is 16.7 Å². The van der Waals surface area contributed by atoms with Crippen LogP contribution in [0.2, 0.25) is 0 Å². The van der Waals surface area contributed by atoms with Gasteiger partial charge in [-0.2, -0.15) is 0 Å². The molecular weight excluding hydrogens is 334 g/mol. The largest absolute Gasteiger partial charge is 0.376 e. The second-order valence-corrected chi connectivity index (χ2v) is 9.42. The number of piperidine rings is 1. The zero-order chi connectivity index (χ0) is 18.5. The smallest absolute Gasteiger partial charge is 0.112 e. The van der Waals surface area contributed by atoms with Crippen LogP contribution in [0.1, 0.15) is 50.4 Å². The fourth-order valence-electron chi connectivity index (χ4n) is 5.82. The van der Waals surface area contributed by atoms with E-state index in [0.29, 0.717) is 5.92 Å². The van der Waals surface area contributed by atoms with Gasteiger partial charge in [-0.05, 0) is 63.6 Å². The van der Waals surface area contributed by atoms with E-state index in [9.17, 15) is 0 Å². The van der Waals surface area contributed by atoms with Gasteiger partial charge in [-0.25, -0.2) is 4.98 Å². The summed E-state index contributed by atoms with van der Waals surface area (Å²) in [6.07, 6.45) is 7.52. The number of hydrogen-bond acceptors (Lipinski definition) is 3. The molecule has 0 spiro atoms. The van der Waals surface area contributed by atoms with E-state index in [4.69, 9.17) is 9.72 Å². The van der Waals surface area contributed by atoms with Gasteiger partial charge in [-0.15, -0.1) is 0 Å². The van der Waals surface area contributed by atoms with Crippen molar-refractivity contribution in [3.8, 4) is 0 Å². The van der Waals surface area contributed by atoms with Crippen molar-refractivity contribution in [2.75, 3.05) is 19.7 Å². The molecule has 2 aromatic rings. The maximum Gasteiger partial charge on any atom is 0.112 e. The molecule has 1 N–H and O–H groups in total. The van der Waals surface area contributed by atoms with Crippen molar-refractivity contribution in [3.63, 3.8) is 0 Å². The monoisotopic (exact) mass is 365 g/mol. The highest BCUT2D eigenvalue weighted by Crippen LogP contribution is 2.55. The Morgan fingerprint density at radius 1 is 1.19 bits per heavy atom. The molecule has 27 heavy (non-hydrogen) atoms. The van der Waals surface area contributed by atoms with Crippen molar-refractivity contribution in [2.24, 2.45) is 11.8 Å². The minimum absolute atomic E-state index is 0.0644. The van der Waals surface area contributed by atoms with Crippen LogP contribution in [0.3, 0.4) is 0 Å². The fourth-order valence-corrected chi connectivity index (χ4v) is 5.82. The van der Waals surface area contributed by atoms with Crippen molar-refractivity contribution in [3.05, 3.63) is 54.1 Å². The van der Waals surface area contributed by atoms with Gasteiger partial charge in [0.1, 0.15) is 5.82 Å². The summed E-state index contributed by atoms with van der Waals surface area (Å²) in [4.78, 5) is 4.76. The summed E-state index contributed by atoms with van der Waals surface area (Å²) in [6, 6.07) is 11.1. The fraction of sp³-hybridized carbons (Fsp3) is 0.609. The van der Waals surface area contributed by atoms with Gasteiger partial charge >= 0.3 is 0 Å². The predicted molar refractivity (Wildman–Crippen MR) is 107 cm³/mol. The molecule has 2 aliphatic heterocycles. The second kappa shape index (κ2) is 6.46. The third kappa shape index (κ3) is 3.13. The lowest BCUT2D eigenvalue weighted by Crippen LogP contribution is -2.44. The van der Waals surface area contributed by atoms with Gasteiger partial charge in [0.15, 0.2) is 0 Å². The van der Waals surface area contributed by atoms with E-state index >= 15 is 0 Å². The van der Waals surface area contributed by atoms with Crippen LogP contribution in [0.4, 0.5) is 0 Å². The highest BCUT2D eigenvalue weighted by Gasteiger charge is 2.55. The molecule has 0 amide bonds. The molecular formula is C23H31N3O.